The van der Waals surface area contributed by atoms with Crippen LogP contribution in [-0.2, 0) is 19.7 Å². The molecule has 1 rings (SSSR count). The highest BCUT2D eigenvalue weighted by atomic mass is 16.5. The largest absolute Gasteiger partial charge is 0.451 e. The maximum absolute atomic E-state index is 12.0. The highest BCUT2D eigenvalue weighted by Gasteiger charge is 2.18. The number of hydrogen-bond acceptors (Lipinski definition) is 4. The fourth-order valence-electron chi connectivity index (χ4n) is 1.99. The van der Waals surface area contributed by atoms with Gasteiger partial charge in [-0.3, -0.25) is 14.4 Å². The summed E-state index contributed by atoms with van der Waals surface area (Å²) in [6.07, 6.45) is -0.888. The number of ether oxygens (including phenoxy) is 1. The second kappa shape index (κ2) is 8.47. The van der Waals surface area contributed by atoms with Crippen LogP contribution in [0.4, 0.5) is 0 Å². The summed E-state index contributed by atoms with van der Waals surface area (Å²) in [7, 11) is 0. The van der Waals surface area contributed by atoms with Crippen LogP contribution in [0.1, 0.15) is 50.5 Å². The van der Waals surface area contributed by atoms with Crippen LogP contribution in [0.3, 0.4) is 0 Å². The van der Waals surface area contributed by atoms with Crippen molar-refractivity contribution in [3.63, 3.8) is 0 Å². The molecule has 6 nitrogen and oxygen atoms in total. The molecule has 1 aromatic carbocycles. The first-order chi connectivity index (χ1) is 11.1. The monoisotopic (exact) mass is 334 g/mol. The predicted octanol–water partition coefficient (Wildman–Crippen LogP) is 1.78. The molecule has 0 radical (unpaired) electrons. The first kappa shape index (κ1) is 19.7. The van der Waals surface area contributed by atoms with E-state index in [0.29, 0.717) is 12.1 Å². The van der Waals surface area contributed by atoms with E-state index in [9.17, 15) is 14.4 Å². The molecule has 2 N–H and O–H groups in total. The highest BCUT2D eigenvalue weighted by molar-refractivity contribution is 5.96. The van der Waals surface area contributed by atoms with Gasteiger partial charge in [0.25, 0.3) is 11.8 Å². The third-order valence-corrected chi connectivity index (χ3v) is 3.43. The van der Waals surface area contributed by atoms with E-state index in [-0.39, 0.29) is 23.8 Å². The lowest BCUT2D eigenvalue weighted by Crippen LogP contribution is -2.38. The Kier molecular flexibility index (Phi) is 6.95. The average molecular weight is 334 g/mol. The zero-order valence-electron chi connectivity index (χ0n) is 14.9. The fraction of sp³-hybridized carbons (Fsp3) is 0.500. The minimum Gasteiger partial charge on any atom is -0.451 e. The fourth-order valence-corrected chi connectivity index (χ4v) is 1.99. The van der Waals surface area contributed by atoms with Crippen molar-refractivity contribution in [3.05, 3.63) is 35.4 Å². The van der Waals surface area contributed by atoms with Crippen molar-refractivity contribution in [1.82, 2.24) is 10.6 Å². The third kappa shape index (κ3) is 6.02. The first-order valence-corrected chi connectivity index (χ1v) is 8.01. The quantitative estimate of drug-likeness (QED) is 0.777. The third-order valence-electron chi connectivity index (χ3n) is 3.43. The molecule has 0 aliphatic carbocycles. The van der Waals surface area contributed by atoms with Gasteiger partial charge in [0.1, 0.15) is 6.54 Å². The Balaban J connectivity index is 2.51. The summed E-state index contributed by atoms with van der Waals surface area (Å²) in [5, 5.41) is 5.04. The summed E-state index contributed by atoms with van der Waals surface area (Å²) in [6, 6.07) is 7.23. The van der Waals surface area contributed by atoms with E-state index in [4.69, 9.17) is 4.74 Å². The number of likely N-dealkylation sites (N-methyl/N-ethyl adjacent to an activating group) is 1. The topological polar surface area (TPSA) is 84.5 Å². The summed E-state index contributed by atoms with van der Waals surface area (Å²) < 4.78 is 4.95. The number of amides is 2. The molecule has 1 atom stereocenters. The SMILES string of the molecule is CCNC(=O)[C@H](C)OC(=O)CNC(=O)c1ccc(C(C)(C)C)cc1. The van der Waals surface area contributed by atoms with Crippen molar-refractivity contribution < 1.29 is 19.1 Å². The normalized spacial score (nSPS) is 12.2. The number of hydrogen-bond donors (Lipinski definition) is 2. The van der Waals surface area contributed by atoms with E-state index in [1.54, 1.807) is 19.1 Å². The molecule has 0 saturated heterocycles. The van der Waals surface area contributed by atoms with Gasteiger partial charge < -0.3 is 15.4 Å². The zero-order chi connectivity index (χ0) is 18.3. The molecule has 6 heteroatoms. The summed E-state index contributed by atoms with van der Waals surface area (Å²) in [4.78, 5) is 35.2. The highest BCUT2D eigenvalue weighted by Crippen LogP contribution is 2.22. The summed E-state index contributed by atoms with van der Waals surface area (Å²) in [6.45, 7) is 9.70. The average Bonchev–Trinajstić information content (AvgIpc) is 2.52. The van der Waals surface area contributed by atoms with Crippen LogP contribution in [0.15, 0.2) is 24.3 Å². The van der Waals surface area contributed by atoms with E-state index < -0.39 is 12.1 Å². The Hall–Kier alpha value is -2.37. The van der Waals surface area contributed by atoms with Crippen LogP contribution in [0.25, 0.3) is 0 Å². The number of esters is 1. The van der Waals surface area contributed by atoms with E-state index in [2.05, 4.69) is 31.4 Å². The van der Waals surface area contributed by atoms with Gasteiger partial charge in [-0.2, -0.15) is 0 Å². The van der Waals surface area contributed by atoms with Crippen LogP contribution >= 0.6 is 0 Å². The van der Waals surface area contributed by atoms with Crippen LogP contribution in [0.2, 0.25) is 0 Å². The van der Waals surface area contributed by atoms with Crippen LogP contribution < -0.4 is 10.6 Å². The number of rotatable bonds is 6. The Morgan fingerprint density at radius 3 is 2.17 bits per heavy atom. The van der Waals surface area contributed by atoms with Gasteiger partial charge in [-0.05, 0) is 37.0 Å². The minimum absolute atomic E-state index is 0.00795. The van der Waals surface area contributed by atoms with Crippen LogP contribution in [0, 0.1) is 0 Å². The van der Waals surface area contributed by atoms with Gasteiger partial charge in [-0.1, -0.05) is 32.9 Å². The Morgan fingerprint density at radius 2 is 1.67 bits per heavy atom. The zero-order valence-corrected chi connectivity index (χ0v) is 14.9. The standard InChI is InChI=1S/C18H26N2O4/c1-6-19-16(22)12(2)24-15(21)11-20-17(23)13-7-9-14(10-8-13)18(3,4)5/h7-10,12H,6,11H2,1-5H3,(H,19,22)(H,20,23)/t12-/m0/s1. The smallest absolute Gasteiger partial charge is 0.326 e. The van der Waals surface area contributed by atoms with Gasteiger partial charge in [0.05, 0.1) is 0 Å². The van der Waals surface area contributed by atoms with Gasteiger partial charge >= 0.3 is 5.97 Å². The van der Waals surface area contributed by atoms with Crippen molar-refractivity contribution in [2.75, 3.05) is 13.1 Å². The van der Waals surface area contributed by atoms with E-state index in [1.807, 2.05) is 12.1 Å². The lowest BCUT2D eigenvalue weighted by atomic mass is 9.87. The van der Waals surface area contributed by atoms with Gasteiger partial charge in [0.2, 0.25) is 0 Å². The van der Waals surface area contributed by atoms with E-state index >= 15 is 0 Å². The first-order valence-electron chi connectivity index (χ1n) is 8.01. The van der Waals surface area contributed by atoms with E-state index in [0.717, 1.165) is 5.56 Å². The molecule has 0 spiro atoms. The van der Waals surface area contributed by atoms with Crippen molar-refractivity contribution in [2.45, 2.75) is 46.1 Å². The molecule has 0 bridgehead atoms. The predicted molar refractivity (Wildman–Crippen MR) is 91.7 cm³/mol. The van der Waals surface area contributed by atoms with Crippen molar-refractivity contribution in [3.8, 4) is 0 Å². The van der Waals surface area contributed by atoms with Gasteiger partial charge in [-0.25, -0.2) is 0 Å². The Labute approximate surface area is 143 Å². The molecule has 0 aliphatic heterocycles. The number of nitrogens with one attached hydrogen (secondary N) is 2. The molecule has 0 aliphatic rings. The van der Waals surface area contributed by atoms with Crippen LogP contribution in [0.5, 0.6) is 0 Å². The summed E-state index contributed by atoms with van der Waals surface area (Å²) >= 11 is 0. The van der Waals surface area contributed by atoms with Crippen molar-refractivity contribution in [1.29, 1.82) is 0 Å². The molecule has 0 fully saturated rings. The van der Waals surface area contributed by atoms with Crippen LogP contribution in [-0.4, -0.2) is 37.0 Å². The lowest BCUT2D eigenvalue weighted by molar-refractivity contribution is -0.153. The molecule has 2 amide bonds. The Bertz CT molecular complexity index is 588. The molecular weight excluding hydrogens is 308 g/mol. The number of benzene rings is 1. The maximum Gasteiger partial charge on any atom is 0.326 e. The molecule has 0 saturated carbocycles. The molecule has 1 aromatic rings. The Morgan fingerprint density at radius 1 is 1.08 bits per heavy atom. The molecule has 0 aromatic heterocycles. The molecule has 0 unspecified atom stereocenters. The van der Waals surface area contributed by atoms with Crippen molar-refractivity contribution >= 4 is 17.8 Å². The number of carbonyl (C=O) groups excluding carboxylic acids is 3. The second-order valence-electron chi connectivity index (χ2n) is 6.54. The summed E-state index contributed by atoms with van der Waals surface area (Å²) in [5.41, 5.74) is 1.59. The summed E-state index contributed by atoms with van der Waals surface area (Å²) in [5.74, 6) is -1.39. The maximum atomic E-state index is 12.0. The lowest BCUT2D eigenvalue weighted by Gasteiger charge is -2.19. The van der Waals surface area contributed by atoms with E-state index in [1.165, 1.54) is 6.92 Å². The van der Waals surface area contributed by atoms with Gasteiger partial charge in [0, 0.05) is 12.1 Å². The molecule has 132 valence electrons. The van der Waals surface area contributed by atoms with Crippen molar-refractivity contribution in [2.24, 2.45) is 0 Å². The second-order valence-corrected chi connectivity index (χ2v) is 6.54. The number of carbonyl (C=O) groups is 3. The van der Waals surface area contributed by atoms with Gasteiger partial charge in [-0.15, -0.1) is 0 Å². The van der Waals surface area contributed by atoms with Gasteiger partial charge in [0.15, 0.2) is 6.10 Å². The molecular formula is C18H26N2O4. The molecule has 24 heavy (non-hydrogen) atoms. The molecule has 0 heterocycles. The minimum atomic E-state index is -0.888.